The zero-order valence-corrected chi connectivity index (χ0v) is 18.3. The summed E-state index contributed by atoms with van der Waals surface area (Å²) in [6.45, 7) is 4.37. The zero-order chi connectivity index (χ0) is 21.8. The topological polar surface area (TPSA) is 58.6 Å². The third kappa shape index (κ3) is 4.44. The molecule has 1 saturated heterocycles. The van der Waals surface area contributed by atoms with Crippen LogP contribution in [-0.2, 0) is 4.79 Å². The highest BCUT2D eigenvalue weighted by molar-refractivity contribution is 8.00. The van der Waals surface area contributed by atoms with Crippen LogP contribution in [0.15, 0.2) is 72.8 Å². The first-order valence-corrected chi connectivity index (χ1v) is 11.3. The van der Waals surface area contributed by atoms with E-state index in [1.807, 2.05) is 86.6 Å². The predicted molar refractivity (Wildman–Crippen MR) is 126 cm³/mol. The number of ether oxygens (including phenoxy) is 1. The van der Waals surface area contributed by atoms with Gasteiger partial charge in [-0.2, -0.15) is 0 Å². The Hall–Kier alpha value is -3.25. The fourth-order valence-corrected chi connectivity index (χ4v) is 4.82. The Morgan fingerprint density at radius 1 is 1.10 bits per heavy atom. The van der Waals surface area contributed by atoms with E-state index in [4.69, 9.17) is 4.74 Å². The molecule has 0 aromatic heterocycles. The van der Waals surface area contributed by atoms with Gasteiger partial charge in [-0.3, -0.25) is 14.5 Å². The first-order chi connectivity index (χ1) is 15.1. The summed E-state index contributed by atoms with van der Waals surface area (Å²) in [5.74, 6) is 0.973. The molecule has 0 radical (unpaired) electrons. The highest BCUT2D eigenvalue weighted by Gasteiger charge is 2.35. The van der Waals surface area contributed by atoms with Crippen LogP contribution in [0, 0.1) is 6.92 Å². The van der Waals surface area contributed by atoms with Crippen molar-refractivity contribution >= 4 is 35.0 Å². The van der Waals surface area contributed by atoms with E-state index in [-0.39, 0.29) is 17.2 Å². The fourth-order valence-electron chi connectivity index (χ4n) is 3.66. The van der Waals surface area contributed by atoms with Gasteiger partial charge < -0.3 is 10.1 Å². The van der Waals surface area contributed by atoms with Crippen LogP contribution in [0.3, 0.4) is 0 Å². The van der Waals surface area contributed by atoms with Crippen LogP contribution >= 0.6 is 11.8 Å². The highest BCUT2D eigenvalue weighted by atomic mass is 32.2. The lowest BCUT2D eigenvalue weighted by atomic mass is 10.1. The van der Waals surface area contributed by atoms with E-state index < -0.39 is 0 Å². The Morgan fingerprint density at radius 3 is 2.68 bits per heavy atom. The van der Waals surface area contributed by atoms with Crippen LogP contribution in [0.5, 0.6) is 5.75 Å². The van der Waals surface area contributed by atoms with Crippen LogP contribution in [0.1, 0.15) is 33.8 Å². The number of benzene rings is 3. The molecule has 0 bridgehead atoms. The van der Waals surface area contributed by atoms with Crippen molar-refractivity contribution in [1.82, 2.24) is 0 Å². The Labute approximate surface area is 186 Å². The Balaban J connectivity index is 1.62. The van der Waals surface area contributed by atoms with Gasteiger partial charge in [0.15, 0.2) is 0 Å². The highest BCUT2D eigenvalue weighted by Crippen LogP contribution is 2.45. The van der Waals surface area contributed by atoms with Gasteiger partial charge in [0, 0.05) is 11.3 Å². The van der Waals surface area contributed by atoms with Gasteiger partial charge in [-0.15, -0.1) is 11.8 Å². The van der Waals surface area contributed by atoms with Crippen LogP contribution in [0.2, 0.25) is 0 Å². The molecule has 1 aliphatic heterocycles. The number of hydrogen-bond donors (Lipinski definition) is 1. The average molecular weight is 433 g/mol. The third-order valence-electron chi connectivity index (χ3n) is 5.11. The van der Waals surface area contributed by atoms with Gasteiger partial charge in [-0.1, -0.05) is 42.5 Å². The smallest absolute Gasteiger partial charge is 0.255 e. The molecule has 0 saturated carbocycles. The van der Waals surface area contributed by atoms with Gasteiger partial charge in [0.1, 0.15) is 11.1 Å². The normalized spacial score (nSPS) is 15.7. The SMILES string of the molecule is CCOc1ccccc1N1C(=O)CS[C@@H]1c1cccc(NC(=O)c2ccccc2C)c1. The second-order valence-electron chi connectivity index (χ2n) is 7.22. The van der Waals surface area contributed by atoms with Crippen molar-refractivity contribution in [3.63, 3.8) is 0 Å². The lowest BCUT2D eigenvalue weighted by Crippen LogP contribution is -2.28. The largest absolute Gasteiger partial charge is 0.492 e. The number of hydrogen-bond acceptors (Lipinski definition) is 4. The third-order valence-corrected chi connectivity index (χ3v) is 6.32. The number of thioether (sulfide) groups is 1. The second-order valence-corrected chi connectivity index (χ2v) is 8.29. The number of anilines is 2. The van der Waals surface area contributed by atoms with Crippen molar-refractivity contribution in [2.24, 2.45) is 0 Å². The van der Waals surface area contributed by atoms with Crippen LogP contribution in [0.4, 0.5) is 11.4 Å². The van der Waals surface area contributed by atoms with E-state index in [2.05, 4.69) is 5.32 Å². The molecule has 1 fully saturated rings. The molecule has 1 atom stereocenters. The van der Waals surface area contributed by atoms with E-state index in [9.17, 15) is 9.59 Å². The van der Waals surface area contributed by atoms with Crippen LogP contribution in [-0.4, -0.2) is 24.2 Å². The van der Waals surface area contributed by atoms with Crippen molar-refractivity contribution in [2.45, 2.75) is 19.2 Å². The van der Waals surface area contributed by atoms with Crippen LogP contribution in [0.25, 0.3) is 0 Å². The lowest BCUT2D eigenvalue weighted by Gasteiger charge is -2.26. The van der Waals surface area contributed by atoms with Gasteiger partial charge in [-0.05, 0) is 55.3 Å². The van der Waals surface area contributed by atoms with Crippen molar-refractivity contribution in [2.75, 3.05) is 22.6 Å². The summed E-state index contributed by atoms with van der Waals surface area (Å²) in [5.41, 5.74) is 3.98. The molecule has 4 rings (SSSR count). The van der Waals surface area contributed by atoms with Gasteiger partial charge in [0.05, 0.1) is 18.0 Å². The minimum absolute atomic E-state index is 0.0384. The van der Waals surface area contributed by atoms with E-state index in [0.717, 1.165) is 16.8 Å². The maximum atomic E-state index is 12.8. The molecular formula is C25H24N2O3S. The summed E-state index contributed by atoms with van der Waals surface area (Å²) in [4.78, 5) is 27.3. The number of rotatable bonds is 6. The number of nitrogens with zero attached hydrogens (tertiary/aromatic N) is 1. The van der Waals surface area contributed by atoms with E-state index in [1.165, 1.54) is 0 Å². The van der Waals surface area contributed by atoms with Gasteiger partial charge in [-0.25, -0.2) is 0 Å². The van der Waals surface area contributed by atoms with Crippen molar-refractivity contribution < 1.29 is 14.3 Å². The Morgan fingerprint density at radius 2 is 1.87 bits per heavy atom. The Bertz CT molecular complexity index is 1120. The zero-order valence-electron chi connectivity index (χ0n) is 17.5. The molecule has 3 aromatic carbocycles. The number of carbonyl (C=O) groups is 2. The first-order valence-electron chi connectivity index (χ1n) is 10.2. The first kappa shape index (κ1) is 21.0. The minimum Gasteiger partial charge on any atom is -0.492 e. The van der Waals surface area contributed by atoms with Gasteiger partial charge in [0.25, 0.3) is 5.91 Å². The van der Waals surface area contributed by atoms with Crippen molar-refractivity contribution in [3.8, 4) is 5.75 Å². The minimum atomic E-state index is -0.190. The molecule has 1 aliphatic rings. The number of para-hydroxylation sites is 2. The summed E-state index contributed by atoms with van der Waals surface area (Å²) in [7, 11) is 0. The fraction of sp³-hybridized carbons (Fsp3) is 0.200. The molecule has 31 heavy (non-hydrogen) atoms. The molecule has 3 aromatic rings. The molecule has 0 aliphatic carbocycles. The monoisotopic (exact) mass is 432 g/mol. The molecule has 158 valence electrons. The Kier molecular flexibility index (Phi) is 6.28. The number of carbonyl (C=O) groups excluding carboxylic acids is 2. The molecule has 1 N–H and O–H groups in total. The summed E-state index contributed by atoms with van der Waals surface area (Å²) >= 11 is 1.57. The standard InChI is InChI=1S/C25H24N2O3S/c1-3-30-22-14-7-6-13-21(22)27-23(28)16-31-25(27)18-10-8-11-19(15-18)26-24(29)20-12-5-4-9-17(20)2/h4-15,25H,3,16H2,1-2H3,(H,26,29)/t25-/m1/s1. The van der Waals surface area contributed by atoms with Crippen LogP contribution < -0.4 is 15.0 Å². The number of aryl methyl sites for hydroxylation is 1. The average Bonchev–Trinajstić information content (AvgIpc) is 3.16. The maximum absolute atomic E-state index is 12.8. The van der Waals surface area contributed by atoms with Crippen molar-refractivity contribution in [3.05, 3.63) is 89.5 Å². The molecule has 0 unspecified atom stereocenters. The lowest BCUT2D eigenvalue weighted by molar-refractivity contribution is -0.115. The van der Waals surface area contributed by atoms with E-state index in [1.54, 1.807) is 16.7 Å². The summed E-state index contributed by atoms with van der Waals surface area (Å²) in [6, 6.07) is 22.8. The van der Waals surface area contributed by atoms with Gasteiger partial charge in [0.2, 0.25) is 5.91 Å². The van der Waals surface area contributed by atoms with E-state index >= 15 is 0 Å². The molecule has 0 spiro atoms. The summed E-state index contributed by atoms with van der Waals surface area (Å²) in [5, 5.41) is 2.79. The van der Waals surface area contributed by atoms with E-state index in [0.29, 0.717) is 29.4 Å². The van der Waals surface area contributed by atoms with Gasteiger partial charge >= 0.3 is 0 Å². The molecule has 6 heteroatoms. The molecule has 1 heterocycles. The summed E-state index contributed by atoms with van der Waals surface area (Å²) < 4.78 is 5.76. The van der Waals surface area contributed by atoms with Crippen molar-refractivity contribution in [1.29, 1.82) is 0 Å². The predicted octanol–water partition coefficient (Wildman–Crippen LogP) is 5.42. The molecule has 5 nitrogen and oxygen atoms in total. The maximum Gasteiger partial charge on any atom is 0.255 e. The number of nitrogens with one attached hydrogen (secondary N) is 1. The summed E-state index contributed by atoms with van der Waals surface area (Å²) in [6.07, 6.45) is 0. The molecule has 2 amide bonds. The molecular weight excluding hydrogens is 408 g/mol. The number of amides is 2. The second kappa shape index (κ2) is 9.27. The quantitative estimate of drug-likeness (QED) is 0.565.